The lowest BCUT2D eigenvalue weighted by Crippen LogP contribution is -2.17. The second-order valence-electron chi connectivity index (χ2n) is 8.78. The van der Waals surface area contributed by atoms with Gasteiger partial charge in [0.1, 0.15) is 5.03 Å². The zero-order valence-electron chi connectivity index (χ0n) is 18.8. The Morgan fingerprint density at radius 2 is 1.79 bits per heavy atom. The van der Waals surface area contributed by atoms with Gasteiger partial charge < -0.3 is 5.32 Å². The molecular formula is C25H24Cl2N4OS. The van der Waals surface area contributed by atoms with Crippen molar-refractivity contribution < 1.29 is 4.79 Å². The normalized spacial score (nSPS) is 11.7. The highest BCUT2D eigenvalue weighted by Gasteiger charge is 2.22. The lowest BCUT2D eigenvalue weighted by molar-refractivity contribution is -0.113. The molecule has 170 valence electrons. The number of rotatable bonds is 5. The molecule has 0 fully saturated rings. The smallest absolute Gasteiger partial charge is 0.234 e. The van der Waals surface area contributed by atoms with Crippen LogP contribution in [0.5, 0.6) is 0 Å². The maximum Gasteiger partial charge on any atom is 0.234 e. The van der Waals surface area contributed by atoms with Gasteiger partial charge in [0.2, 0.25) is 5.91 Å². The number of carbonyl (C=O) groups is 1. The molecule has 1 amide bonds. The average Bonchev–Trinajstić information content (AvgIpc) is 3.08. The first kappa shape index (κ1) is 23.6. The summed E-state index contributed by atoms with van der Waals surface area (Å²) in [5.74, 6) is 0.107. The van der Waals surface area contributed by atoms with Crippen molar-refractivity contribution in [2.45, 2.75) is 38.1 Å². The number of amides is 1. The molecule has 33 heavy (non-hydrogen) atoms. The van der Waals surface area contributed by atoms with E-state index in [-0.39, 0.29) is 17.1 Å². The number of aryl methyl sites for hydroxylation is 1. The summed E-state index contributed by atoms with van der Waals surface area (Å²) in [6.45, 7) is 8.33. The number of nitrogens with zero attached hydrogens (tertiary/aromatic N) is 3. The van der Waals surface area contributed by atoms with Crippen LogP contribution in [0.1, 0.15) is 32.2 Å². The summed E-state index contributed by atoms with van der Waals surface area (Å²) >= 11 is 13.5. The van der Waals surface area contributed by atoms with Crippen LogP contribution >= 0.6 is 35.0 Å². The van der Waals surface area contributed by atoms with Crippen LogP contribution in [0.25, 0.3) is 16.8 Å². The van der Waals surface area contributed by atoms with E-state index in [4.69, 9.17) is 33.3 Å². The molecule has 0 saturated carbocycles. The van der Waals surface area contributed by atoms with Gasteiger partial charge in [-0.25, -0.2) is 9.50 Å². The molecule has 8 heteroatoms. The maximum absolute atomic E-state index is 12.6. The molecule has 0 atom stereocenters. The van der Waals surface area contributed by atoms with Crippen LogP contribution in [0.4, 0.5) is 5.69 Å². The number of anilines is 1. The summed E-state index contributed by atoms with van der Waals surface area (Å²) in [5.41, 5.74) is 5.02. The minimum Gasteiger partial charge on any atom is -0.325 e. The van der Waals surface area contributed by atoms with Crippen LogP contribution in [-0.4, -0.2) is 26.3 Å². The number of aromatic nitrogens is 3. The number of benzene rings is 2. The van der Waals surface area contributed by atoms with E-state index in [1.54, 1.807) is 18.2 Å². The topological polar surface area (TPSA) is 59.3 Å². The molecule has 5 nitrogen and oxygen atoms in total. The number of carbonyl (C=O) groups excluding carboxylic acids is 1. The minimum absolute atomic E-state index is 0.119. The van der Waals surface area contributed by atoms with Crippen molar-refractivity contribution in [1.82, 2.24) is 14.6 Å². The second kappa shape index (κ2) is 9.37. The highest BCUT2D eigenvalue weighted by Crippen LogP contribution is 2.33. The van der Waals surface area contributed by atoms with E-state index in [1.807, 2.05) is 47.8 Å². The standard InChI is InChI=1S/C25H24Cl2N4OS/c1-15-23(16-8-10-17(26)11-9-16)24-29-20(25(2,3)4)13-22(31(24)30-15)33-14-21(32)28-19-7-5-6-18(27)12-19/h5-13H,14H2,1-4H3,(H,28,32). The molecule has 2 heterocycles. The van der Waals surface area contributed by atoms with Crippen molar-refractivity contribution in [3.8, 4) is 11.1 Å². The van der Waals surface area contributed by atoms with Crippen LogP contribution in [0, 0.1) is 6.92 Å². The summed E-state index contributed by atoms with van der Waals surface area (Å²) < 4.78 is 1.83. The third-order valence-electron chi connectivity index (χ3n) is 5.09. The number of nitrogens with one attached hydrogen (secondary N) is 1. The Morgan fingerprint density at radius 3 is 2.45 bits per heavy atom. The molecule has 0 spiro atoms. The molecule has 0 radical (unpaired) electrons. The third kappa shape index (κ3) is 5.35. The molecule has 2 aromatic carbocycles. The molecule has 4 rings (SSSR count). The van der Waals surface area contributed by atoms with E-state index in [2.05, 4.69) is 26.1 Å². The quantitative estimate of drug-likeness (QED) is 0.236. The SMILES string of the molecule is Cc1nn2c(SCC(=O)Nc3cccc(Cl)c3)cc(C(C)(C)C)nc2c1-c1ccc(Cl)cc1. The molecule has 1 N–H and O–H groups in total. The Kier molecular flexibility index (Phi) is 6.71. The van der Waals surface area contributed by atoms with Gasteiger partial charge in [-0.05, 0) is 48.9 Å². The Morgan fingerprint density at radius 1 is 1.06 bits per heavy atom. The molecule has 0 aliphatic carbocycles. The monoisotopic (exact) mass is 498 g/mol. The number of thioether (sulfide) groups is 1. The van der Waals surface area contributed by atoms with Crippen molar-refractivity contribution in [3.05, 3.63) is 76.0 Å². The van der Waals surface area contributed by atoms with Crippen molar-refractivity contribution in [1.29, 1.82) is 0 Å². The van der Waals surface area contributed by atoms with Gasteiger partial charge in [-0.2, -0.15) is 5.10 Å². The van der Waals surface area contributed by atoms with Gasteiger partial charge in [0.05, 0.1) is 17.1 Å². The fraction of sp³-hybridized carbons (Fsp3) is 0.240. The zero-order chi connectivity index (χ0) is 23.8. The lowest BCUT2D eigenvalue weighted by atomic mass is 9.92. The Balaban J connectivity index is 1.70. The Bertz CT molecular complexity index is 1330. The van der Waals surface area contributed by atoms with Gasteiger partial charge in [-0.15, -0.1) is 0 Å². The van der Waals surface area contributed by atoms with E-state index in [0.717, 1.165) is 33.2 Å². The van der Waals surface area contributed by atoms with Gasteiger partial charge in [-0.3, -0.25) is 4.79 Å². The van der Waals surface area contributed by atoms with Gasteiger partial charge in [-0.1, -0.05) is 73.9 Å². The van der Waals surface area contributed by atoms with Crippen LogP contribution in [-0.2, 0) is 10.2 Å². The lowest BCUT2D eigenvalue weighted by Gasteiger charge is -2.19. The summed E-state index contributed by atoms with van der Waals surface area (Å²) in [6, 6.07) is 16.8. The molecule has 0 unspecified atom stereocenters. The second-order valence-corrected chi connectivity index (χ2v) is 10.6. The zero-order valence-corrected chi connectivity index (χ0v) is 21.1. The number of hydrogen-bond acceptors (Lipinski definition) is 4. The molecule has 2 aromatic heterocycles. The first-order valence-electron chi connectivity index (χ1n) is 10.5. The number of hydrogen-bond donors (Lipinski definition) is 1. The van der Waals surface area contributed by atoms with Crippen molar-refractivity contribution in [2.24, 2.45) is 0 Å². The summed E-state index contributed by atoms with van der Waals surface area (Å²) in [4.78, 5) is 17.6. The van der Waals surface area contributed by atoms with Crippen LogP contribution in [0.3, 0.4) is 0 Å². The molecule has 0 saturated heterocycles. The van der Waals surface area contributed by atoms with Gasteiger partial charge in [0, 0.05) is 26.7 Å². The fourth-order valence-electron chi connectivity index (χ4n) is 3.44. The molecule has 4 aromatic rings. The molecular weight excluding hydrogens is 475 g/mol. The first-order valence-corrected chi connectivity index (χ1v) is 12.2. The van der Waals surface area contributed by atoms with Gasteiger partial charge in [0.15, 0.2) is 5.65 Å². The van der Waals surface area contributed by atoms with Gasteiger partial charge in [0.25, 0.3) is 0 Å². The molecule has 0 bridgehead atoms. The fourth-order valence-corrected chi connectivity index (χ4v) is 4.55. The van der Waals surface area contributed by atoms with E-state index in [1.165, 1.54) is 11.8 Å². The Labute approximate surface area is 207 Å². The van der Waals surface area contributed by atoms with E-state index in [0.29, 0.717) is 15.7 Å². The molecule has 0 aliphatic heterocycles. The average molecular weight is 499 g/mol. The van der Waals surface area contributed by atoms with Gasteiger partial charge >= 0.3 is 0 Å². The Hall–Kier alpha value is -2.54. The largest absolute Gasteiger partial charge is 0.325 e. The number of fused-ring (bicyclic) bond motifs is 1. The summed E-state index contributed by atoms with van der Waals surface area (Å²) in [5, 5.41) is 9.76. The predicted octanol–water partition coefficient (Wildman–Crippen LogP) is 7.04. The van der Waals surface area contributed by atoms with E-state index < -0.39 is 0 Å². The number of halogens is 2. The highest BCUT2D eigenvalue weighted by molar-refractivity contribution is 7.99. The summed E-state index contributed by atoms with van der Waals surface area (Å²) in [6.07, 6.45) is 0. The van der Waals surface area contributed by atoms with Crippen molar-refractivity contribution >= 4 is 52.2 Å². The summed E-state index contributed by atoms with van der Waals surface area (Å²) in [7, 11) is 0. The van der Waals surface area contributed by atoms with E-state index in [9.17, 15) is 4.79 Å². The van der Waals surface area contributed by atoms with Crippen LogP contribution < -0.4 is 5.32 Å². The minimum atomic E-state index is -0.171. The predicted molar refractivity (Wildman–Crippen MR) is 138 cm³/mol. The maximum atomic E-state index is 12.6. The third-order valence-corrected chi connectivity index (χ3v) is 6.57. The van der Waals surface area contributed by atoms with Crippen LogP contribution in [0.2, 0.25) is 10.0 Å². The van der Waals surface area contributed by atoms with Crippen molar-refractivity contribution in [2.75, 3.05) is 11.1 Å². The molecule has 0 aliphatic rings. The van der Waals surface area contributed by atoms with Crippen molar-refractivity contribution in [3.63, 3.8) is 0 Å². The highest BCUT2D eigenvalue weighted by atomic mass is 35.5. The first-order chi connectivity index (χ1) is 15.6. The van der Waals surface area contributed by atoms with E-state index >= 15 is 0 Å². The van der Waals surface area contributed by atoms with Crippen LogP contribution in [0.15, 0.2) is 59.6 Å².